The molecule has 1 aromatic rings. The number of hydrogen-bond acceptors (Lipinski definition) is 5. The van der Waals surface area contributed by atoms with Crippen LogP contribution in [0.3, 0.4) is 0 Å². The van der Waals surface area contributed by atoms with Gasteiger partial charge in [-0.05, 0) is 19.1 Å². The number of nitro groups is 1. The van der Waals surface area contributed by atoms with Crippen molar-refractivity contribution in [3.05, 3.63) is 44.1 Å². The number of rotatable bonds is 5. The highest BCUT2D eigenvalue weighted by Crippen LogP contribution is 2.29. The number of aliphatic carboxylic acids is 2. The highest BCUT2D eigenvalue weighted by atomic mass is 79.9. The summed E-state index contributed by atoms with van der Waals surface area (Å²) in [6.07, 6.45) is 0. The van der Waals surface area contributed by atoms with E-state index in [9.17, 15) is 19.7 Å². The van der Waals surface area contributed by atoms with Crippen molar-refractivity contribution >= 4 is 39.2 Å². The van der Waals surface area contributed by atoms with Gasteiger partial charge in [-0.2, -0.15) is 0 Å². The van der Waals surface area contributed by atoms with E-state index in [0.29, 0.717) is 4.47 Å². The molecule has 8 nitrogen and oxygen atoms in total. The molecule has 0 heterocycles. The van der Waals surface area contributed by atoms with Crippen LogP contribution in [-0.4, -0.2) is 27.1 Å². The first-order chi connectivity index (χ1) is 9.23. The summed E-state index contributed by atoms with van der Waals surface area (Å²) >= 11 is 3.06. The van der Waals surface area contributed by atoms with Crippen LogP contribution in [0.1, 0.15) is 6.92 Å². The van der Waals surface area contributed by atoms with Gasteiger partial charge < -0.3 is 15.5 Å². The lowest BCUT2D eigenvalue weighted by Crippen LogP contribution is -2.17. The third-order valence-corrected chi connectivity index (χ3v) is 2.82. The third-order valence-electron chi connectivity index (χ3n) is 2.33. The maximum Gasteiger partial charge on any atom is 0.352 e. The average Bonchev–Trinajstić information content (AvgIpc) is 2.35. The molecule has 0 atom stereocenters. The van der Waals surface area contributed by atoms with Gasteiger partial charge in [0, 0.05) is 10.5 Å². The molecule has 0 aromatic heterocycles. The van der Waals surface area contributed by atoms with Crippen LogP contribution in [0.4, 0.5) is 11.4 Å². The summed E-state index contributed by atoms with van der Waals surface area (Å²) < 4.78 is 0.436. The van der Waals surface area contributed by atoms with Crippen LogP contribution in [0.25, 0.3) is 0 Å². The number of carboxylic acids is 2. The second kappa shape index (κ2) is 6.15. The number of nitro benzene ring substituents is 1. The Balaban J connectivity index is 3.33. The molecule has 0 amide bonds. The number of nitrogens with zero attached hydrogens (tertiary/aromatic N) is 1. The van der Waals surface area contributed by atoms with E-state index in [1.807, 2.05) is 0 Å². The molecule has 1 rings (SSSR count). The number of carboxylic acid groups (broad SMARTS) is 2. The normalized spacial score (nSPS) is 11.5. The highest BCUT2D eigenvalue weighted by molar-refractivity contribution is 9.10. The van der Waals surface area contributed by atoms with Crippen molar-refractivity contribution in [2.75, 3.05) is 5.32 Å². The molecule has 0 saturated carbocycles. The summed E-state index contributed by atoms with van der Waals surface area (Å²) in [5, 5.41) is 30.9. The van der Waals surface area contributed by atoms with Gasteiger partial charge in [0.25, 0.3) is 5.69 Å². The van der Waals surface area contributed by atoms with Gasteiger partial charge in [-0.3, -0.25) is 10.1 Å². The van der Waals surface area contributed by atoms with E-state index in [0.717, 1.165) is 6.92 Å². The van der Waals surface area contributed by atoms with Crippen molar-refractivity contribution in [3.8, 4) is 0 Å². The third kappa shape index (κ3) is 3.54. The van der Waals surface area contributed by atoms with Crippen molar-refractivity contribution in [3.63, 3.8) is 0 Å². The number of halogens is 1. The zero-order chi connectivity index (χ0) is 15.4. The van der Waals surface area contributed by atoms with E-state index in [2.05, 4.69) is 21.2 Å². The molecule has 9 heteroatoms. The van der Waals surface area contributed by atoms with Gasteiger partial charge in [0.2, 0.25) is 0 Å². The van der Waals surface area contributed by atoms with E-state index < -0.39 is 28.1 Å². The molecule has 106 valence electrons. The predicted molar refractivity (Wildman–Crippen MR) is 72.4 cm³/mol. The van der Waals surface area contributed by atoms with Crippen molar-refractivity contribution in [2.45, 2.75) is 6.92 Å². The Morgan fingerprint density at radius 2 is 1.90 bits per heavy atom. The van der Waals surface area contributed by atoms with Crippen LogP contribution >= 0.6 is 15.9 Å². The Morgan fingerprint density at radius 1 is 1.30 bits per heavy atom. The van der Waals surface area contributed by atoms with Gasteiger partial charge >= 0.3 is 11.9 Å². The zero-order valence-electron chi connectivity index (χ0n) is 10.1. The van der Waals surface area contributed by atoms with Crippen molar-refractivity contribution in [1.29, 1.82) is 0 Å². The Morgan fingerprint density at radius 3 is 2.35 bits per heavy atom. The minimum absolute atomic E-state index is 0.115. The second-order valence-corrected chi connectivity index (χ2v) is 4.57. The summed E-state index contributed by atoms with van der Waals surface area (Å²) in [5.41, 5.74) is -1.59. The molecule has 0 bridgehead atoms. The Kier molecular flexibility index (Phi) is 4.81. The smallest absolute Gasteiger partial charge is 0.352 e. The molecule has 20 heavy (non-hydrogen) atoms. The summed E-state index contributed by atoms with van der Waals surface area (Å²) in [6, 6.07) is 3.92. The first kappa shape index (κ1) is 15.6. The Hall–Kier alpha value is -2.42. The number of hydrogen-bond donors (Lipinski definition) is 3. The zero-order valence-corrected chi connectivity index (χ0v) is 11.7. The molecule has 0 fully saturated rings. The number of nitrogens with one attached hydrogen (secondary N) is 1. The van der Waals surface area contributed by atoms with Gasteiger partial charge in [-0.1, -0.05) is 15.9 Å². The minimum Gasteiger partial charge on any atom is -0.478 e. The van der Waals surface area contributed by atoms with E-state index in [-0.39, 0.29) is 11.4 Å². The molecule has 1 aromatic carbocycles. The molecule has 0 spiro atoms. The monoisotopic (exact) mass is 344 g/mol. The van der Waals surface area contributed by atoms with Crippen LogP contribution in [0.15, 0.2) is 33.9 Å². The summed E-state index contributed by atoms with van der Waals surface area (Å²) in [7, 11) is 0. The van der Waals surface area contributed by atoms with Crippen molar-refractivity contribution in [1.82, 2.24) is 0 Å². The first-order valence-electron chi connectivity index (χ1n) is 5.12. The van der Waals surface area contributed by atoms with E-state index >= 15 is 0 Å². The largest absolute Gasteiger partial charge is 0.478 e. The predicted octanol–water partition coefficient (Wildman–Crippen LogP) is 2.21. The fourth-order valence-electron chi connectivity index (χ4n) is 1.31. The molecule has 0 aliphatic rings. The van der Waals surface area contributed by atoms with Gasteiger partial charge in [0.05, 0.1) is 10.5 Å². The van der Waals surface area contributed by atoms with Crippen LogP contribution in [0.5, 0.6) is 0 Å². The lowest BCUT2D eigenvalue weighted by atomic mass is 10.2. The lowest BCUT2D eigenvalue weighted by molar-refractivity contribution is -0.384. The Labute approximate surface area is 121 Å². The molecule has 3 N–H and O–H groups in total. The maximum absolute atomic E-state index is 11.0. The average molecular weight is 345 g/mol. The Bertz CT molecular complexity index is 625. The summed E-state index contributed by atoms with van der Waals surface area (Å²) in [4.78, 5) is 32.0. The molecule has 0 aliphatic heterocycles. The number of carbonyl (C=O) groups is 2. The van der Waals surface area contributed by atoms with Crippen molar-refractivity contribution < 1.29 is 24.7 Å². The van der Waals surface area contributed by atoms with Crippen LogP contribution in [0, 0.1) is 10.1 Å². The summed E-state index contributed by atoms with van der Waals surface area (Å²) in [5.74, 6) is -2.96. The highest BCUT2D eigenvalue weighted by Gasteiger charge is 2.21. The molecule has 0 saturated heterocycles. The van der Waals surface area contributed by atoms with E-state index in [4.69, 9.17) is 10.2 Å². The number of benzene rings is 1. The standard InChI is InChI=1S/C11H9BrN2O6/c1-5(10(15)16)9(11(17)18)13-7-3-2-6(12)4-8(7)14(19)20/h2-4,13H,1H3,(H,15,16)(H,17,18). The van der Waals surface area contributed by atoms with Gasteiger partial charge in [0.15, 0.2) is 0 Å². The van der Waals surface area contributed by atoms with Crippen molar-refractivity contribution in [2.24, 2.45) is 0 Å². The fourth-order valence-corrected chi connectivity index (χ4v) is 1.66. The van der Waals surface area contributed by atoms with E-state index in [1.54, 1.807) is 0 Å². The molecule has 0 unspecified atom stereocenters. The first-order valence-corrected chi connectivity index (χ1v) is 5.91. The minimum atomic E-state index is -1.53. The van der Waals surface area contributed by atoms with E-state index in [1.165, 1.54) is 18.2 Å². The van der Waals surface area contributed by atoms with Gasteiger partial charge in [-0.15, -0.1) is 0 Å². The molecule has 0 radical (unpaired) electrons. The maximum atomic E-state index is 11.0. The molecule has 0 aliphatic carbocycles. The second-order valence-electron chi connectivity index (χ2n) is 3.65. The lowest BCUT2D eigenvalue weighted by Gasteiger charge is -2.09. The quantitative estimate of drug-likeness (QED) is 0.424. The molecular formula is C11H9BrN2O6. The van der Waals surface area contributed by atoms with Gasteiger partial charge in [-0.25, -0.2) is 9.59 Å². The topological polar surface area (TPSA) is 130 Å². The van der Waals surface area contributed by atoms with Crippen LogP contribution < -0.4 is 5.32 Å². The summed E-state index contributed by atoms with van der Waals surface area (Å²) in [6.45, 7) is 1.09. The van der Waals surface area contributed by atoms with Crippen LogP contribution in [0.2, 0.25) is 0 Å². The molecular weight excluding hydrogens is 336 g/mol. The SMILES string of the molecule is CC(C(=O)O)=C(Nc1ccc(Br)cc1[N+](=O)[O-])C(=O)O. The fraction of sp³-hybridized carbons (Fsp3) is 0.0909. The number of anilines is 1. The van der Waals surface area contributed by atoms with Gasteiger partial charge in [0.1, 0.15) is 11.4 Å². The van der Waals surface area contributed by atoms with Crippen LogP contribution in [-0.2, 0) is 9.59 Å².